The zero-order valence-electron chi connectivity index (χ0n) is 18.8. The number of carbonyl (C=O) groups is 2. The third-order valence-corrected chi connectivity index (χ3v) is 6.01. The first-order valence-electron chi connectivity index (χ1n) is 11.4. The maximum absolute atomic E-state index is 13.1. The molecule has 1 fully saturated rings. The fraction of sp³-hybridized carbons (Fsp3) is 0.385. The molecule has 0 aliphatic carbocycles. The van der Waals surface area contributed by atoms with Crippen LogP contribution in [0.4, 0.5) is 0 Å². The Bertz CT molecular complexity index is 1080. The summed E-state index contributed by atoms with van der Waals surface area (Å²) in [6.45, 7) is 3.10. The minimum Gasteiger partial charge on any atom is -0.507 e. The number of rotatable bonds is 8. The lowest BCUT2D eigenvalue weighted by Crippen LogP contribution is -2.30. The molecule has 2 N–H and O–H groups in total. The van der Waals surface area contributed by atoms with Crippen molar-refractivity contribution in [2.75, 3.05) is 26.4 Å². The van der Waals surface area contributed by atoms with Crippen LogP contribution < -0.4 is 9.47 Å². The Balaban J connectivity index is 1.80. The Morgan fingerprint density at radius 2 is 2.06 bits per heavy atom. The van der Waals surface area contributed by atoms with E-state index in [4.69, 9.17) is 14.6 Å². The van der Waals surface area contributed by atoms with Crippen molar-refractivity contribution in [3.05, 3.63) is 64.7 Å². The van der Waals surface area contributed by atoms with Crippen molar-refractivity contribution in [3.8, 4) is 11.5 Å². The van der Waals surface area contributed by atoms with Crippen molar-refractivity contribution in [2.24, 2.45) is 0 Å². The van der Waals surface area contributed by atoms with Gasteiger partial charge in [-0.1, -0.05) is 25.5 Å². The monoisotopic (exact) mass is 451 g/mol. The van der Waals surface area contributed by atoms with Crippen LogP contribution in [0, 0.1) is 0 Å². The van der Waals surface area contributed by atoms with E-state index in [0.717, 1.165) is 37.0 Å². The first-order chi connectivity index (χ1) is 16.0. The number of aryl methyl sites for hydroxylation is 1. The number of ketones is 1. The minimum atomic E-state index is -0.721. The summed E-state index contributed by atoms with van der Waals surface area (Å²) in [6.07, 6.45) is 3.31. The van der Waals surface area contributed by atoms with Crippen LogP contribution in [0.25, 0.3) is 5.76 Å². The van der Waals surface area contributed by atoms with Gasteiger partial charge in [-0.15, -0.1) is 0 Å². The molecule has 4 rings (SSSR count). The van der Waals surface area contributed by atoms with Crippen LogP contribution in [0.15, 0.2) is 48.0 Å². The van der Waals surface area contributed by atoms with Crippen LogP contribution in [-0.4, -0.2) is 53.2 Å². The predicted octanol–water partition coefficient (Wildman–Crippen LogP) is 3.60. The van der Waals surface area contributed by atoms with Gasteiger partial charge in [-0.05, 0) is 60.7 Å². The Labute approximate surface area is 193 Å². The first-order valence-corrected chi connectivity index (χ1v) is 11.4. The molecule has 2 aliphatic heterocycles. The molecule has 0 spiro atoms. The second-order valence-electron chi connectivity index (χ2n) is 8.27. The number of likely N-dealkylation sites (tertiary alicyclic amines) is 1. The van der Waals surface area contributed by atoms with E-state index in [1.54, 1.807) is 30.3 Å². The highest BCUT2D eigenvalue weighted by Gasteiger charge is 2.45. The topological polar surface area (TPSA) is 96.3 Å². The molecular weight excluding hydrogens is 422 g/mol. The molecule has 2 aliphatic rings. The van der Waals surface area contributed by atoms with Crippen molar-refractivity contribution in [3.63, 3.8) is 0 Å². The van der Waals surface area contributed by atoms with Gasteiger partial charge in [0, 0.05) is 12.1 Å². The Morgan fingerprint density at radius 1 is 1.21 bits per heavy atom. The molecule has 0 radical (unpaired) electrons. The molecule has 1 unspecified atom stereocenters. The standard InChI is InChI=1S/C26H29NO6/c1-2-3-11-27-23(18-6-4-8-20(16-18)32-14-12-28)22(25(30)26(27)31)24(29)19-9-10-21-17(15-19)7-5-13-33-21/h4,6,8-10,15-16,23,28-29H,2-3,5,7,11-14H2,1H3/b24-22-. The SMILES string of the molecule is CCCCN1C(=O)C(=O)/C(=C(\O)c2ccc3c(c2)CCCO3)C1c1cccc(OCCO)c1. The molecule has 0 saturated carbocycles. The molecular formula is C26H29NO6. The molecule has 0 aromatic heterocycles. The van der Waals surface area contributed by atoms with Gasteiger partial charge < -0.3 is 24.6 Å². The highest BCUT2D eigenvalue weighted by molar-refractivity contribution is 6.46. The van der Waals surface area contributed by atoms with Gasteiger partial charge in [0.15, 0.2) is 0 Å². The second-order valence-corrected chi connectivity index (χ2v) is 8.27. The molecule has 7 heteroatoms. The molecule has 2 heterocycles. The molecule has 7 nitrogen and oxygen atoms in total. The number of hydrogen-bond acceptors (Lipinski definition) is 6. The molecule has 0 bridgehead atoms. The summed E-state index contributed by atoms with van der Waals surface area (Å²) in [5.41, 5.74) is 2.21. The van der Waals surface area contributed by atoms with E-state index in [-0.39, 0.29) is 24.5 Å². The number of fused-ring (bicyclic) bond motifs is 1. The number of benzene rings is 2. The van der Waals surface area contributed by atoms with Crippen molar-refractivity contribution in [2.45, 2.75) is 38.6 Å². The van der Waals surface area contributed by atoms with Crippen LogP contribution in [0.3, 0.4) is 0 Å². The predicted molar refractivity (Wildman–Crippen MR) is 123 cm³/mol. The zero-order chi connectivity index (χ0) is 23.4. The lowest BCUT2D eigenvalue weighted by molar-refractivity contribution is -0.139. The van der Waals surface area contributed by atoms with E-state index in [0.29, 0.717) is 30.0 Å². The molecule has 1 atom stereocenters. The summed E-state index contributed by atoms with van der Waals surface area (Å²) < 4.78 is 11.2. The van der Waals surface area contributed by atoms with Gasteiger partial charge in [-0.25, -0.2) is 0 Å². The van der Waals surface area contributed by atoms with Crippen molar-refractivity contribution in [1.82, 2.24) is 4.90 Å². The number of nitrogens with zero attached hydrogens (tertiary/aromatic N) is 1. The van der Waals surface area contributed by atoms with E-state index in [1.807, 2.05) is 19.1 Å². The van der Waals surface area contributed by atoms with Crippen LogP contribution in [0.5, 0.6) is 11.5 Å². The average molecular weight is 452 g/mol. The van der Waals surface area contributed by atoms with Crippen molar-refractivity contribution in [1.29, 1.82) is 0 Å². The molecule has 174 valence electrons. The maximum Gasteiger partial charge on any atom is 0.295 e. The second kappa shape index (κ2) is 10.1. The maximum atomic E-state index is 13.1. The Morgan fingerprint density at radius 3 is 2.85 bits per heavy atom. The summed E-state index contributed by atoms with van der Waals surface area (Å²) in [6, 6.07) is 11.7. The molecule has 2 aromatic rings. The van der Waals surface area contributed by atoms with E-state index in [9.17, 15) is 14.7 Å². The number of aliphatic hydroxyl groups excluding tert-OH is 2. The van der Waals surface area contributed by atoms with E-state index >= 15 is 0 Å². The van der Waals surface area contributed by atoms with E-state index in [2.05, 4.69) is 0 Å². The number of Topliss-reactive ketones (excluding diaryl/α,β-unsaturated/α-hetero) is 1. The molecule has 1 amide bonds. The fourth-order valence-electron chi connectivity index (χ4n) is 4.39. The lowest BCUT2D eigenvalue weighted by atomic mass is 9.94. The van der Waals surface area contributed by atoms with Crippen molar-refractivity contribution < 1.29 is 29.3 Å². The first kappa shape index (κ1) is 22.9. The summed E-state index contributed by atoms with van der Waals surface area (Å²) >= 11 is 0. The van der Waals surface area contributed by atoms with Gasteiger partial charge in [0.25, 0.3) is 11.7 Å². The van der Waals surface area contributed by atoms with Gasteiger partial charge in [-0.2, -0.15) is 0 Å². The van der Waals surface area contributed by atoms with Gasteiger partial charge in [-0.3, -0.25) is 9.59 Å². The van der Waals surface area contributed by atoms with Crippen LogP contribution in [0.1, 0.15) is 48.9 Å². The number of amides is 1. The van der Waals surface area contributed by atoms with E-state index in [1.165, 1.54) is 4.90 Å². The summed E-state index contributed by atoms with van der Waals surface area (Å²) in [4.78, 5) is 27.6. The summed E-state index contributed by atoms with van der Waals surface area (Å²) in [5, 5.41) is 20.3. The molecule has 2 aromatic carbocycles. The molecule has 1 saturated heterocycles. The largest absolute Gasteiger partial charge is 0.507 e. The van der Waals surface area contributed by atoms with Crippen LogP contribution >= 0.6 is 0 Å². The summed E-state index contributed by atoms with van der Waals surface area (Å²) in [5.74, 6) is -0.185. The number of hydrogen-bond donors (Lipinski definition) is 2. The van der Waals surface area contributed by atoms with Gasteiger partial charge in [0.05, 0.1) is 24.8 Å². The lowest BCUT2D eigenvalue weighted by Gasteiger charge is -2.25. The van der Waals surface area contributed by atoms with Gasteiger partial charge in [0.1, 0.15) is 23.9 Å². The summed E-state index contributed by atoms with van der Waals surface area (Å²) in [7, 11) is 0. The third kappa shape index (κ3) is 4.59. The number of unbranched alkanes of at least 4 members (excludes halogenated alkanes) is 1. The average Bonchev–Trinajstić information content (AvgIpc) is 3.10. The number of carbonyl (C=O) groups excluding carboxylic acids is 2. The smallest absolute Gasteiger partial charge is 0.295 e. The Kier molecular flexibility index (Phi) is 6.99. The third-order valence-electron chi connectivity index (χ3n) is 6.01. The fourth-order valence-corrected chi connectivity index (χ4v) is 4.39. The molecule has 33 heavy (non-hydrogen) atoms. The van der Waals surface area contributed by atoms with E-state index < -0.39 is 17.7 Å². The Hall–Kier alpha value is -3.32. The quantitative estimate of drug-likeness (QED) is 0.362. The van der Waals surface area contributed by atoms with Gasteiger partial charge >= 0.3 is 0 Å². The number of aliphatic hydroxyl groups is 2. The highest BCUT2D eigenvalue weighted by Crippen LogP contribution is 2.41. The minimum absolute atomic E-state index is 0.0760. The highest BCUT2D eigenvalue weighted by atomic mass is 16.5. The zero-order valence-corrected chi connectivity index (χ0v) is 18.8. The number of ether oxygens (including phenoxy) is 2. The van der Waals surface area contributed by atoms with Crippen LogP contribution in [0.2, 0.25) is 0 Å². The van der Waals surface area contributed by atoms with Crippen LogP contribution in [-0.2, 0) is 16.0 Å². The van der Waals surface area contributed by atoms with Gasteiger partial charge in [0.2, 0.25) is 0 Å². The van der Waals surface area contributed by atoms with Crippen molar-refractivity contribution >= 4 is 17.4 Å². The normalized spacial score (nSPS) is 19.3.